The van der Waals surface area contributed by atoms with Crippen LogP contribution in [0.5, 0.6) is 0 Å². The van der Waals surface area contributed by atoms with E-state index in [1.807, 2.05) is 20.8 Å². The van der Waals surface area contributed by atoms with Crippen molar-refractivity contribution < 1.29 is 13.3 Å². The normalized spacial score (nSPS) is 12.3. The first kappa shape index (κ1) is 18.5. The zero-order chi connectivity index (χ0) is 13.9. The van der Waals surface area contributed by atoms with Crippen LogP contribution in [-0.4, -0.2) is 47.1 Å². The van der Waals surface area contributed by atoms with Gasteiger partial charge in [-0.05, 0) is 45.7 Å². The maximum atomic E-state index is 5.86. The van der Waals surface area contributed by atoms with Crippen molar-refractivity contribution in [2.75, 3.05) is 38.3 Å². The molecule has 0 aliphatic carbocycles. The number of rotatable bonds is 12. The molecule has 0 aliphatic rings. The van der Waals surface area contributed by atoms with Crippen LogP contribution in [0, 0.1) is 0 Å². The third kappa shape index (κ3) is 7.20. The van der Waals surface area contributed by atoms with Gasteiger partial charge in [0.1, 0.15) is 0 Å². The molecular weight excluding hydrogens is 263 g/mol. The summed E-state index contributed by atoms with van der Waals surface area (Å²) in [5, 5.41) is 0. The summed E-state index contributed by atoms with van der Waals surface area (Å²) in [4.78, 5) is 0. The van der Waals surface area contributed by atoms with Gasteiger partial charge in [0.2, 0.25) is 0 Å². The van der Waals surface area contributed by atoms with Gasteiger partial charge in [-0.1, -0.05) is 13.8 Å². The minimum atomic E-state index is -2.38. The first-order valence-electron chi connectivity index (χ1n) is 7.32. The monoisotopic (exact) mass is 294 g/mol. The molecule has 3 nitrogen and oxygen atoms in total. The van der Waals surface area contributed by atoms with E-state index in [1.54, 1.807) is 0 Å². The van der Waals surface area contributed by atoms with Crippen LogP contribution in [0.4, 0.5) is 0 Å². The lowest BCUT2D eigenvalue weighted by Gasteiger charge is -2.29. The smallest absolute Gasteiger partial charge is 0.374 e. The Kier molecular flexibility index (Phi) is 11.7. The maximum Gasteiger partial charge on any atom is 0.500 e. The highest BCUT2D eigenvalue weighted by molar-refractivity contribution is 7.57. The Bertz CT molecular complexity index is 172. The van der Waals surface area contributed by atoms with Gasteiger partial charge in [0.25, 0.3) is 0 Å². The minimum absolute atomic E-state index is 0.218. The summed E-state index contributed by atoms with van der Waals surface area (Å²) in [6.45, 7) is 12.7. The van der Waals surface area contributed by atoms with Crippen LogP contribution >= 0.6 is 7.92 Å². The molecule has 0 fully saturated rings. The van der Waals surface area contributed by atoms with Crippen LogP contribution in [0.3, 0.4) is 0 Å². The van der Waals surface area contributed by atoms with E-state index in [9.17, 15) is 0 Å². The van der Waals surface area contributed by atoms with Gasteiger partial charge < -0.3 is 13.3 Å². The van der Waals surface area contributed by atoms with Gasteiger partial charge in [-0.2, -0.15) is 0 Å². The van der Waals surface area contributed by atoms with Crippen molar-refractivity contribution in [2.45, 2.75) is 47.1 Å². The highest BCUT2D eigenvalue weighted by atomic mass is 31.1. The first-order valence-corrected chi connectivity index (χ1v) is 11.1. The Morgan fingerprint density at radius 1 is 0.778 bits per heavy atom. The van der Waals surface area contributed by atoms with Gasteiger partial charge in [0.15, 0.2) is 0 Å². The van der Waals surface area contributed by atoms with E-state index < -0.39 is 8.80 Å². The van der Waals surface area contributed by atoms with Crippen molar-refractivity contribution in [2.24, 2.45) is 0 Å². The van der Waals surface area contributed by atoms with Gasteiger partial charge in [0.05, 0.1) is 0 Å². The van der Waals surface area contributed by atoms with Crippen LogP contribution in [0.1, 0.15) is 41.0 Å². The van der Waals surface area contributed by atoms with Crippen LogP contribution in [-0.2, 0) is 13.3 Å². The summed E-state index contributed by atoms with van der Waals surface area (Å²) in [5.41, 5.74) is 0. The molecule has 0 spiro atoms. The molecule has 18 heavy (non-hydrogen) atoms. The molecule has 0 bridgehead atoms. The summed E-state index contributed by atoms with van der Waals surface area (Å²) in [6, 6.07) is 0.974. The van der Waals surface area contributed by atoms with Crippen molar-refractivity contribution >= 4 is 16.7 Å². The first-order chi connectivity index (χ1) is 8.67. The maximum absolute atomic E-state index is 5.86. The standard InChI is InChI=1S/C13H31O3PSi/c1-6-14-18(15-7-2,16-8-3)13-11-12-17(9-4)10-5/h6-13H2,1-5H3. The molecule has 0 radical (unpaired) electrons. The third-order valence-electron chi connectivity index (χ3n) is 2.94. The zero-order valence-corrected chi connectivity index (χ0v) is 14.7. The minimum Gasteiger partial charge on any atom is -0.374 e. The van der Waals surface area contributed by atoms with Gasteiger partial charge >= 0.3 is 8.80 Å². The second kappa shape index (κ2) is 11.4. The van der Waals surface area contributed by atoms with Gasteiger partial charge in [-0.25, -0.2) is 0 Å². The largest absolute Gasteiger partial charge is 0.500 e. The average Bonchev–Trinajstić information content (AvgIpc) is 2.36. The van der Waals surface area contributed by atoms with Crippen LogP contribution in [0.25, 0.3) is 0 Å². The molecule has 0 amide bonds. The molecule has 0 rings (SSSR count). The molecule has 0 aliphatic heterocycles. The fourth-order valence-electron chi connectivity index (χ4n) is 2.06. The van der Waals surface area contributed by atoms with Gasteiger partial charge in [-0.3, -0.25) is 0 Å². The number of hydrogen-bond acceptors (Lipinski definition) is 3. The second-order valence-electron chi connectivity index (χ2n) is 4.11. The molecule has 0 atom stereocenters. The lowest BCUT2D eigenvalue weighted by atomic mass is 10.6. The van der Waals surface area contributed by atoms with E-state index in [4.69, 9.17) is 13.3 Å². The molecule has 0 N–H and O–H groups in total. The molecule has 0 heterocycles. The summed E-state index contributed by atoms with van der Waals surface area (Å²) in [6.07, 6.45) is 5.17. The summed E-state index contributed by atoms with van der Waals surface area (Å²) in [5.74, 6) is 0. The zero-order valence-electron chi connectivity index (χ0n) is 12.8. The van der Waals surface area contributed by atoms with E-state index >= 15 is 0 Å². The van der Waals surface area contributed by atoms with E-state index in [0.29, 0.717) is 19.8 Å². The van der Waals surface area contributed by atoms with E-state index in [2.05, 4.69) is 13.8 Å². The highest BCUT2D eigenvalue weighted by Gasteiger charge is 2.39. The molecule has 0 aromatic heterocycles. The quantitative estimate of drug-likeness (QED) is 0.403. The molecular formula is C13H31O3PSi. The van der Waals surface area contributed by atoms with Gasteiger partial charge in [0, 0.05) is 25.9 Å². The molecule has 110 valence electrons. The summed E-state index contributed by atoms with van der Waals surface area (Å²) >= 11 is 0. The number of hydrogen-bond donors (Lipinski definition) is 0. The SMILES string of the molecule is CCO[Si](CCCP(CC)CC)(OCC)OCC. The lowest BCUT2D eigenvalue weighted by molar-refractivity contribution is 0.0712. The third-order valence-corrected chi connectivity index (χ3v) is 8.83. The van der Waals surface area contributed by atoms with Crippen molar-refractivity contribution in [3.63, 3.8) is 0 Å². The van der Waals surface area contributed by atoms with Crippen molar-refractivity contribution in [3.8, 4) is 0 Å². The Hall–Kier alpha value is 0.527. The summed E-state index contributed by atoms with van der Waals surface area (Å²) < 4.78 is 17.6. The topological polar surface area (TPSA) is 27.7 Å². The molecule has 0 unspecified atom stereocenters. The van der Waals surface area contributed by atoms with Crippen molar-refractivity contribution in [1.29, 1.82) is 0 Å². The fraction of sp³-hybridized carbons (Fsp3) is 1.00. The van der Waals surface area contributed by atoms with Crippen molar-refractivity contribution in [3.05, 3.63) is 0 Å². The van der Waals surface area contributed by atoms with Crippen LogP contribution < -0.4 is 0 Å². The molecule has 0 aromatic carbocycles. The predicted octanol–water partition coefficient (Wildman–Crippen LogP) is 3.95. The molecule has 0 aromatic rings. The summed E-state index contributed by atoms with van der Waals surface area (Å²) in [7, 11) is -2.16. The van der Waals surface area contributed by atoms with Gasteiger partial charge in [-0.15, -0.1) is 7.92 Å². The van der Waals surface area contributed by atoms with Crippen molar-refractivity contribution in [1.82, 2.24) is 0 Å². The van der Waals surface area contributed by atoms with Crippen LogP contribution in [0.2, 0.25) is 6.04 Å². The van der Waals surface area contributed by atoms with E-state index in [0.717, 1.165) is 6.04 Å². The fourth-order valence-corrected chi connectivity index (χ4v) is 6.66. The molecule has 0 saturated carbocycles. The van der Waals surface area contributed by atoms with Crippen LogP contribution in [0.15, 0.2) is 0 Å². The molecule has 0 saturated heterocycles. The van der Waals surface area contributed by atoms with E-state index in [1.165, 1.54) is 24.9 Å². The van der Waals surface area contributed by atoms with E-state index in [-0.39, 0.29) is 7.92 Å². The predicted molar refractivity (Wildman–Crippen MR) is 82.9 cm³/mol. The Morgan fingerprint density at radius 2 is 1.22 bits per heavy atom. The average molecular weight is 294 g/mol. The Morgan fingerprint density at radius 3 is 1.56 bits per heavy atom. The highest BCUT2D eigenvalue weighted by Crippen LogP contribution is 2.36. The lowest BCUT2D eigenvalue weighted by Crippen LogP contribution is -2.46. The second-order valence-corrected chi connectivity index (χ2v) is 9.90. The Balaban J connectivity index is 4.28. The Labute approximate surface area is 116 Å². The molecule has 5 heteroatoms.